The maximum absolute atomic E-state index is 12.1. The Balaban J connectivity index is 1.83. The van der Waals surface area contributed by atoms with Crippen LogP contribution in [0.25, 0.3) is 17.2 Å². The summed E-state index contributed by atoms with van der Waals surface area (Å²) in [5.41, 5.74) is 2.49. The van der Waals surface area contributed by atoms with Gasteiger partial charge in [-0.05, 0) is 36.4 Å². The lowest BCUT2D eigenvalue weighted by molar-refractivity contribution is 0.104. The number of imidazole rings is 1. The molecule has 3 aromatic rings. The number of methoxy groups -OCH3 is 1. The van der Waals surface area contributed by atoms with Gasteiger partial charge in [-0.2, -0.15) is 0 Å². The summed E-state index contributed by atoms with van der Waals surface area (Å²) in [6.07, 6.45) is 4.96. The van der Waals surface area contributed by atoms with Gasteiger partial charge in [0.1, 0.15) is 5.75 Å². The van der Waals surface area contributed by atoms with E-state index in [9.17, 15) is 4.79 Å². The predicted molar refractivity (Wildman–Crippen MR) is 82.4 cm³/mol. The second-order valence-electron chi connectivity index (χ2n) is 4.55. The number of ketones is 1. The normalized spacial score (nSPS) is 11.1. The summed E-state index contributed by atoms with van der Waals surface area (Å²) in [4.78, 5) is 16.4. The number of allylic oxidation sites excluding steroid dienone is 1. The lowest BCUT2D eigenvalue weighted by atomic mass is 10.1. The highest BCUT2D eigenvalue weighted by molar-refractivity contribution is 6.06. The van der Waals surface area contributed by atoms with E-state index in [0.717, 1.165) is 16.8 Å². The molecule has 0 atom stereocenters. The van der Waals surface area contributed by atoms with E-state index in [-0.39, 0.29) is 5.78 Å². The van der Waals surface area contributed by atoms with Crippen LogP contribution in [0.3, 0.4) is 0 Å². The second kappa shape index (κ2) is 5.63. The Morgan fingerprint density at radius 3 is 2.67 bits per heavy atom. The topological polar surface area (TPSA) is 44.1 Å². The maximum atomic E-state index is 12.1. The minimum absolute atomic E-state index is 0.0598. The number of ether oxygens (including phenoxy) is 1. The van der Waals surface area contributed by atoms with Gasteiger partial charge in [-0.1, -0.05) is 12.1 Å². The maximum Gasteiger partial charge on any atom is 0.187 e. The molecule has 0 aliphatic carbocycles. The fraction of sp³-hybridized carbons (Fsp3) is 0.0588. The van der Waals surface area contributed by atoms with Crippen molar-refractivity contribution in [2.45, 2.75) is 0 Å². The largest absolute Gasteiger partial charge is 0.497 e. The monoisotopic (exact) mass is 278 g/mol. The number of hydrogen-bond acceptors (Lipinski definition) is 3. The molecule has 1 aromatic heterocycles. The summed E-state index contributed by atoms with van der Waals surface area (Å²) < 4.78 is 6.90. The van der Waals surface area contributed by atoms with E-state index in [1.54, 1.807) is 43.9 Å². The Hall–Kier alpha value is -2.88. The molecule has 104 valence electrons. The molecular formula is C17H14N2O2. The average molecular weight is 278 g/mol. The van der Waals surface area contributed by atoms with Crippen molar-refractivity contribution in [3.05, 3.63) is 66.5 Å². The zero-order valence-electron chi connectivity index (χ0n) is 11.6. The van der Waals surface area contributed by atoms with Crippen molar-refractivity contribution in [3.8, 4) is 5.75 Å². The van der Waals surface area contributed by atoms with Crippen LogP contribution in [0.2, 0.25) is 0 Å². The fourth-order valence-electron chi connectivity index (χ4n) is 2.10. The van der Waals surface area contributed by atoms with Gasteiger partial charge in [0.2, 0.25) is 0 Å². The molecule has 4 heteroatoms. The summed E-state index contributed by atoms with van der Waals surface area (Å²) in [7, 11) is 1.60. The Kier molecular flexibility index (Phi) is 3.51. The highest BCUT2D eigenvalue weighted by Gasteiger charge is 2.03. The SMILES string of the molecule is COc1ccc(C(=O)/C=C/n2cnc3ccccc32)cc1. The highest BCUT2D eigenvalue weighted by atomic mass is 16.5. The van der Waals surface area contributed by atoms with Gasteiger partial charge in [0, 0.05) is 17.8 Å². The van der Waals surface area contributed by atoms with Crippen LogP contribution in [0, 0.1) is 0 Å². The number of rotatable bonds is 4. The molecule has 0 saturated heterocycles. The van der Waals surface area contributed by atoms with Crippen LogP contribution in [-0.2, 0) is 0 Å². The third-order valence-electron chi connectivity index (χ3n) is 3.24. The van der Waals surface area contributed by atoms with Gasteiger partial charge in [0.25, 0.3) is 0 Å². The van der Waals surface area contributed by atoms with E-state index in [4.69, 9.17) is 4.74 Å². The molecule has 0 saturated carbocycles. The number of fused-ring (bicyclic) bond motifs is 1. The Morgan fingerprint density at radius 2 is 1.90 bits per heavy atom. The molecule has 0 N–H and O–H groups in total. The van der Waals surface area contributed by atoms with Gasteiger partial charge >= 0.3 is 0 Å². The Labute approximate surface area is 122 Å². The molecular weight excluding hydrogens is 264 g/mol. The fourth-order valence-corrected chi connectivity index (χ4v) is 2.10. The van der Waals surface area contributed by atoms with E-state index in [1.165, 1.54) is 6.08 Å². The summed E-state index contributed by atoms with van der Waals surface area (Å²) >= 11 is 0. The molecule has 0 radical (unpaired) electrons. The first kappa shape index (κ1) is 13.1. The standard InChI is InChI=1S/C17H14N2O2/c1-21-14-8-6-13(7-9-14)17(20)10-11-19-12-18-15-4-2-3-5-16(15)19/h2-12H,1H3/b11-10+. The predicted octanol–water partition coefficient (Wildman–Crippen LogP) is 3.40. The Morgan fingerprint density at radius 1 is 1.14 bits per heavy atom. The van der Waals surface area contributed by atoms with E-state index in [2.05, 4.69) is 4.98 Å². The van der Waals surface area contributed by atoms with Crippen LogP contribution in [0.15, 0.2) is 60.9 Å². The number of para-hydroxylation sites is 2. The highest BCUT2D eigenvalue weighted by Crippen LogP contribution is 2.14. The summed E-state index contributed by atoms with van der Waals surface area (Å²) in [6, 6.07) is 14.8. The molecule has 0 unspecified atom stereocenters. The first-order valence-electron chi connectivity index (χ1n) is 6.56. The van der Waals surface area contributed by atoms with Crippen LogP contribution in [0.5, 0.6) is 5.75 Å². The Bertz CT molecular complexity index is 801. The van der Waals surface area contributed by atoms with Crippen molar-refractivity contribution in [2.75, 3.05) is 7.11 Å². The van der Waals surface area contributed by atoms with E-state index in [0.29, 0.717) is 5.56 Å². The van der Waals surface area contributed by atoms with Gasteiger partial charge in [-0.25, -0.2) is 4.98 Å². The van der Waals surface area contributed by atoms with Gasteiger partial charge < -0.3 is 9.30 Å². The number of nitrogens with zero attached hydrogens (tertiary/aromatic N) is 2. The minimum atomic E-state index is -0.0598. The zero-order valence-corrected chi connectivity index (χ0v) is 11.6. The minimum Gasteiger partial charge on any atom is -0.497 e. The molecule has 1 heterocycles. The molecule has 0 aliphatic rings. The lowest BCUT2D eigenvalue weighted by Gasteiger charge is -2.00. The zero-order chi connectivity index (χ0) is 14.7. The first-order chi connectivity index (χ1) is 10.3. The quantitative estimate of drug-likeness (QED) is 0.542. The first-order valence-corrected chi connectivity index (χ1v) is 6.56. The number of carbonyl (C=O) groups is 1. The smallest absolute Gasteiger partial charge is 0.187 e. The van der Waals surface area contributed by atoms with Gasteiger partial charge in [-0.3, -0.25) is 4.79 Å². The van der Waals surface area contributed by atoms with Crippen LogP contribution >= 0.6 is 0 Å². The summed E-state index contributed by atoms with van der Waals surface area (Å²) in [6.45, 7) is 0. The summed E-state index contributed by atoms with van der Waals surface area (Å²) in [5, 5.41) is 0. The molecule has 3 rings (SSSR count). The van der Waals surface area contributed by atoms with Crippen LogP contribution in [0.4, 0.5) is 0 Å². The number of hydrogen-bond donors (Lipinski definition) is 0. The van der Waals surface area contributed by atoms with Gasteiger partial charge in [0.05, 0.1) is 24.5 Å². The third kappa shape index (κ3) is 2.69. The van der Waals surface area contributed by atoms with Gasteiger partial charge in [0.15, 0.2) is 5.78 Å². The molecule has 2 aromatic carbocycles. The van der Waals surface area contributed by atoms with Gasteiger partial charge in [-0.15, -0.1) is 0 Å². The molecule has 0 fully saturated rings. The van der Waals surface area contributed by atoms with E-state index >= 15 is 0 Å². The number of aromatic nitrogens is 2. The molecule has 0 amide bonds. The van der Waals surface area contributed by atoms with Crippen molar-refractivity contribution in [2.24, 2.45) is 0 Å². The second-order valence-corrected chi connectivity index (χ2v) is 4.55. The van der Waals surface area contributed by atoms with Crippen molar-refractivity contribution >= 4 is 23.0 Å². The average Bonchev–Trinajstić information content (AvgIpc) is 2.96. The lowest BCUT2D eigenvalue weighted by Crippen LogP contribution is -1.95. The van der Waals surface area contributed by atoms with Crippen LogP contribution in [-0.4, -0.2) is 22.4 Å². The van der Waals surface area contributed by atoms with Crippen molar-refractivity contribution < 1.29 is 9.53 Å². The molecule has 4 nitrogen and oxygen atoms in total. The molecule has 21 heavy (non-hydrogen) atoms. The third-order valence-corrected chi connectivity index (χ3v) is 3.24. The summed E-state index contributed by atoms with van der Waals surface area (Å²) in [5.74, 6) is 0.673. The molecule has 0 aliphatic heterocycles. The van der Waals surface area contributed by atoms with Crippen molar-refractivity contribution in [1.82, 2.24) is 9.55 Å². The molecule has 0 spiro atoms. The molecule has 0 bridgehead atoms. The van der Waals surface area contributed by atoms with E-state index < -0.39 is 0 Å². The van der Waals surface area contributed by atoms with Crippen LogP contribution < -0.4 is 4.74 Å². The van der Waals surface area contributed by atoms with Crippen molar-refractivity contribution in [1.29, 1.82) is 0 Å². The van der Waals surface area contributed by atoms with Crippen molar-refractivity contribution in [3.63, 3.8) is 0 Å². The number of carbonyl (C=O) groups excluding carboxylic acids is 1. The van der Waals surface area contributed by atoms with E-state index in [1.807, 2.05) is 28.8 Å². The number of benzene rings is 2. The van der Waals surface area contributed by atoms with Crippen LogP contribution in [0.1, 0.15) is 10.4 Å².